The first-order chi connectivity index (χ1) is 11.6. The number of nitrogens with one attached hydrogen (secondary N) is 1. The van der Waals surface area contributed by atoms with Gasteiger partial charge in [-0.1, -0.05) is 36.5 Å². The van der Waals surface area contributed by atoms with E-state index in [1.54, 1.807) is 18.5 Å². The normalized spacial score (nSPS) is 10.5. The van der Waals surface area contributed by atoms with Gasteiger partial charge >= 0.3 is 5.97 Å². The van der Waals surface area contributed by atoms with Gasteiger partial charge in [-0.15, -0.1) is 0 Å². The average Bonchev–Trinajstić information content (AvgIpc) is 2.59. The number of nitrogens with zero attached hydrogens (tertiary/aromatic N) is 1. The second-order valence-electron chi connectivity index (χ2n) is 4.99. The molecular formula is C18H18N2O3S. The summed E-state index contributed by atoms with van der Waals surface area (Å²) >= 11 is 5.26. The van der Waals surface area contributed by atoms with E-state index >= 15 is 0 Å². The average molecular weight is 342 g/mol. The van der Waals surface area contributed by atoms with Crippen LogP contribution in [0.4, 0.5) is 0 Å². The van der Waals surface area contributed by atoms with Gasteiger partial charge in [0, 0.05) is 18.9 Å². The maximum atomic E-state index is 10.5. The molecule has 2 aromatic rings. The SMILES string of the molecule is O=C(O)COc1cccc(CCNC(=S)/C=C/c2cccnc2)c1. The quantitative estimate of drug-likeness (QED) is 0.568. The number of carboxylic acid groups (broad SMARTS) is 1. The molecule has 5 nitrogen and oxygen atoms in total. The summed E-state index contributed by atoms with van der Waals surface area (Å²) in [4.78, 5) is 15.2. The summed E-state index contributed by atoms with van der Waals surface area (Å²) in [7, 11) is 0. The lowest BCUT2D eigenvalue weighted by molar-refractivity contribution is -0.139. The molecular weight excluding hydrogens is 324 g/mol. The van der Waals surface area contributed by atoms with E-state index in [9.17, 15) is 4.79 Å². The van der Waals surface area contributed by atoms with Crippen molar-refractivity contribution in [1.29, 1.82) is 0 Å². The first-order valence-electron chi connectivity index (χ1n) is 7.43. The maximum Gasteiger partial charge on any atom is 0.341 e. The Labute approximate surface area is 146 Å². The van der Waals surface area contributed by atoms with Crippen LogP contribution in [0.5, 0.6) is 5.75 Å². The smallest absolute Gasteiger partial charge is 0.341 e. The number of hydrogen-bond donors (Lipinski definition) is 2. The van der Waals surface area contributed by atoms with Crippen molar-refractivity contribution in [3.05, 3.63) is 66.0 Å². The largest absolute Gasteiger partial charge is 0.482 e. The molecule has 6 heteroatoms. The van der Waals surface area contributed by atoms with Gasteiger partial charge in [0.1, 0.15) is 5.75 Å². The van der Waals surface area contributed by atoms with Gasteiger partial charge in [-0.05, 0) is 41.8 Å². The number of thiocarbonyl (C=S) groups is 1. The Bertz CT molecular complexity index is 717. The number of aromatic nitrogens is 1. The van der Waals surface area contributed by atoms with Gasteiger partial charge in [0.25, 0.3) is 0 Å². The molecule has 0 saturated carbocycles. The predicted molar refractivity (Wildman–Crippen MR) is 97.1 cm³/mol. The van der Waals surface area contributed by atoms with Crippen LogP contribution in [-0.4, -0.2) is 34.2 Å². The van der Waals surface area contributed by atoms with Gasteiger partial charge in [-0.3, -0.25) is 4.98 Å². The molecule has 0 aliphatic heterocycles. The van der Waals surface area contributed by atoms with Crippen molar-refractivity contribution in [2.24, 2.45) is 0 Å². The summed E-state index contributed by atoms with van der Waals surface area (Å²) in [6.45, 7) is 0.337. The lowest BCUT2D eigenvalue weighted by atomic mass is 10.1. The Morgan fingerprint density at radius 3 is 2.96 bits per heavy atom. The molecule has 0 aliphatic carbocycles. The monoisotopic (exact) mass is 342 g/mol. The van der Waals surface area contributed by atoms with Crippen molar-refractivity contribution in [1.82, 2.24) is 10.3 Å². The van der Waals surface area contributed by atoms with Gasteiger partial charge < -0.3 is 15.2 Å². The van der Waals surface area contributed by atoms with Crippen LogP contribution in [0.1, 0.15) is 11.1 Å². The highest BCUT2D eigenvalue weighted by Gasteiger charge is 2.01. The molecule has 1 aromatic carbocycles. The summed E-state index contributed by atoms with van der Waals surface area (Å²) in [6, 6.07) is 11.2. The number of ether oxygens (including phenoxy) is 1. The van der Waals surface area contributed by atoms with Crippen LogP contribution in [0, 0.1) is 0 Å². The van der Waals surface area contributed by atoms with E-state index in [1.165, 1.54) is 0 Å². The van der Waals surface area contributed by atoms with E-state index in [0.717, 1.165) is 17.5 Å². The van der Waals surface area contributed by atoms with Crippen molar-refractivity contribution in [3.63, 3.8) is 0 Å². The van der Waals surface area contributed by atoms with E-state index in [2.05, 4.69) is 10.3 Å². The van der Waals surface area contributed by atoms with E-state index in [1.807, 2.05) is 42.5 Å². The third kappa shape index (κ3) is 6.58. The predicted octanol–water partition coefficient (Wildman–Crippen LogP) is 2.72. The minimum Gasteiger partial charge on any atom is -0.482 e. The third-order valence-corrected chi connectivity index (χ3v) is 3.37. The molecule has 124 valence electrons. The van der Waals surface area contributed by atoms with Crippen LogP contribution in [0.15, 0.2) is 54.9 Å². The molecule has 1 aromatic heterocycles. The number of carboxylic acids is 1. The zero-order chi connectivity index (χ0) is 17.2. The summed E-state index contributed by atoms with van der Waals surface area (Å²) in [5.41, 5.74) is 2.04. The number of aliphatic carboxylic acids is 1. The zero-order valence-electron chi connectivity index (χ0n) is 13.0. The molecule has 0 atom stereocenters. The highest BCUT2D eigenvalue weighted by Crippen LogP contribution is 2.13. The lowest BCUT2D eigenvalue weighted by Crippen LogP contribution is -2.21. The summed E-state index contributed by atoms with van der Waals surface area (Å²) < 4.78 is 5.16. The van der Waals surface area contributed by atoms with E-state index in [0.29, 0.717) is 17.3 Å². The maximum absolute atomic E-state index is 10.5. The number of rotatable bonds is 8. The highest BCUT2D eigenvalue weighted by atomic mass is 32.1. The van der Waals surface area contributed by atoms with Gasteiger partial charge in [-0.25, -0.2) is 4.79 Å². The van der Waals surface area contributed by atoms with Crippen molar-refractivity contribution >= 4 is 29.3 Å². The standard InChI is InChI=1S/C18H18N2O3S/c21-18(22)13-23-16-5-1-3-14(11-16)8-10-20-17(24)7-6-15-4-2-9-19-12-15/h1-7,9,11-12H,8,10,13H2,(H,20,24)(H,21,22)/b7-6+. The van der Waals surface area contributed by atoms with Crippen LogP contribution in [-0.2, 0) is 11.2 Å². The first kappa shape index (κ1) is 17.6. The van der Waals surface area contributed by atoms with Crippen molar-refractivity contribution in [2.45, 2.75) is 6.42 Å². The molecule has 0 radical (unpaired) electrons. The summed E-state index contributed by atoms with van der Waals surface area (Å²) in [6.07, 6.45) is 7.98. The van der Waals surface area contributed by atoms with Crippen LogP contribution in [0.3, 0.4) is 0 Å². The fraction of sp³-hybridized carbons (Fsp3) is 0.167. The minimum absolute atomic E-state index is 0.342. The Kier molecular flexibility index (Phi) is 6.91. The van der Waals surface area contributed by atoms with Crippen molar-refractivity contribution in [3.8, 4) is 5.75 Å². The first-order valence-corrected chi connectivity index (χ1v) is 7.84. The van der Waals surface area contributed by atoms with Crippen molar-refractivity contribution in [2.75, 3.05) is 13.2 Å². The Morgan fingerprint density at radius 2 is 2.21 bits per heavy atom. The molecule has 0 fully saturated rings. The zero-order valence-corrected chi connectivity index (χ0v) is 13.8. The van der Waals surface area contributed by atoms with Crippen molar-refractivity contribution < 1.29 is 14.6 Å². The molecule has 1 heterocycles. The molecule has 0 bridgehead atoms. The van der Waals surface area contributed by atoms with E-state index in [-0.39, 0.29) is 6.61 Å². The molecule has 0 saturated heterocycles. The molecule has 2 N–H and O–H groups in total. The second kappa shape index (κ2) is 9.42. The fourth-order valence-electron chi connectivity index (χ4n) is 1.97. The molecule has 0 unspecified atom stereocenters. The Balaban J connectivity index is 1.77. The minimum atomic E-state index is -0.993. The van der Waals surface area contributed by atoms with Crippen LogP contribution >= 0.6 is 12.2 Å². The van der Waals surface area contributed by atoms with E-state index in [4.69, 9.17) is 22.1 Å². The topological polar surface area (TPSA) is 71.5 Å². The summed E-state index contributed by atoms with van der Waals surface area (Å²) in [5, 5.41) is 11.8. The Hall–Kier alpha value is -2.73. The fourth-order valence-corrected chi connectivity index (χ4v) is 2.14. The van der Waals surface area contributed by atoms with Crippen LogP contribution in [0.25, 0.3) is 6.08 Å². The van der Waals surface area contributed by atoms with Gasteiger partial charge in [0.15, 0.2) is 6.61 Å². The highest BCUT2D eigenvalue weighted by molar-refractivity contribution is 7.80. The van der Waals surface area contributed by atoms with Gasteiger partial charge in [-0.2, -0.15) is 0 Å². The molecule has 2 rings (SSSR count). The van der Waals surface area contributed by atoms with Gasteiger partial charge in [0.2, 0.25) is 0 Å². The second-order valence-corrected chi connectivity index (χ2v) is 5.43. The molecule has 0 aliphatic rings. The molecule has 0 spiro atoms. The van der Waals surface area contributed by atoms with Gasteiger partial charge in [0.05, 0.1) is 4.99 Å². The third-order valence-electron chi connectivity index (χ3n) is 3.09. The number of pyridine rings is 1. The van der Waals surface area contributed by atoms with Crippen LogP contribution in [0.2, 0.25) is 0 Å². The van der Waals surface area contributed by atoms with E-state index < -0.39 is 5.97 Å². The molecule has 24 heavy (non-hydrogen) atoms. The Morgan fingerprint density at radius 1 is 1.33 bits per heavy atom. The molecule has 0 amide bonds. The number of hydrogen-bond acceptors (Lipinski definition) is 4. The number of benzene rings is 1. The lowest BCUT2D eigenvalue weighted by Gasteiger charge is -2.07. The summed E-state index contributed by atoms with van der Waals surface area (Å²) in [5.74, 6) is -0.443. The van der Waals surface area contributed by atoms with Crippen LogP contribution < -0.4 is 10.1 Å². The number of carbonyl (C=O) groups is 1.